The molecular weight excluding hydrogens is 278 g/mol. The highest BCUT2D eigenvalue weighted by Crippen LogP contribution is 2.44. The average molecular weight is 292 g/mol. The zero-order valence-electron chi connectivity index (χ0n) is 10.8. The first-order valence-corrected chi connectivity index (χ1v) is 6.83. The Hall–Kier alpha value is -1.88. The van der Waals surface area contributed by atoms with Crippen LogP contribution in [0, 0.1) is 5.41 Å². The van der Waals surface area contributed by atoms with E-state index in [2.05, 4.69) is 5.32 Å². The molecule has 0 unspecified atom stereocenters. The van der Waals surface area contributed by atoms with Crippen molar-refractivity contribution in [2.45, 2.75) is 24.9 Å². The molecule has 1 aromatic carbocycles. The number of halogens is 1. The van der Waals surface area contributed by atoms with Crippen LogP contribution in [-0.2, 0) is 16.1 Å². The summed E-state index contributed by atoms with van der Waals surface area (Å²) in [5.41, 5.74) is 0.241. The van der Waals surface area contributed by atoms with Crippen molar-refractivity contribution in [3.63, 3.8) is 0 Å². The molecule has 1 saturated heterocycles. The minimum Gasteiger partial charge on any atom is -0.342 e. The number of carbonyl (C=O) groups excluding carboxylic acids is 2. The third kappa shape index (κ3) is 2.08. The Balaban J connectivity index is 1.90. The maximum absolute atomic E-state index is 12.2. The van der Waals surface area contributed by atoms with Gasteiger partial charge in [-0.1, -0.05) is 23.7 Å². The lowest BCUT2D eigenvalue weighted by Gasteiger charge is -2.29. The lowest BCUT2D eigenvalue weighted by atomic mass is 10.1. The molecule has 2 amide bonds. The smallest absolute Gasteiger partial charge is 0.267 e. The molecule has 1 spiro atoms. The number of carbonyl (C=O) groups is 2. The summed E-state index contributed by atoms with van der Waals surface area (Å²) in [6.07, 6.45) is 1.36. The predicted octanol–water partition coefficient (Wildman–Crippen LogP) is 1.35. The van der Waals surface area contributed by atoms with E-state index in [0.29, 0.717) is 24.4 Å². The quantitative estimate of drug-likeness (QED) is 0.863. The van der Waals surface area contributed by atoms with Gasteiger partial charge in [-0.25, -0.2) is 0 Å². The topological polar surface area (TPSA) is 73.3 Å². The number of hydrogen-bond donors (Lipinski definition) is 2. The maximum atomic E-state index is 12.2. The molecule has 3 rings (SSSR count). The molecule has 5 nitrogen and oxygen atoms in total. The van der Waals surface area contributed by atoms with E-state index >= 15 is 0 Å². The third-order valence-electron chi connectivity index (χ3n) is 3.89. The molecule has 0 radical (unpaired) electrons. The molecule has 1 aliphatic carbocycles. The van der Waals surface area contributed by atoms with Gasteiger partial charge in [0.25, 0.3) is 5.91 Å². The molecule has 6 heteroatoms. The average Bonchev–Trinajstić information content (AvgIpc) is 3.24. The molecule has 0 bridgehead atoms. The summed E-state index contributed by atoms with van der Waals surface area (Å²) in [6.45, 7) is 0.351. The number of hydrogen-bond acceptors (Lipinski definition) is 3. The first-order chi connectivity index (χ1) is 9.53. The van der Waals surface area contributed by atoms with Gasteiger partial charge in [0.15, 0.2) is 0 Å². The SMILES string of the molecule is N=C1C(=O)NCC(=O)N(Cc2ccc(Cl)cc2)C12CC2. The van der Waals surface area contributed by atoms with Crippen LogP contribution in [0.15, 0.2) is 24.3 Å². The van der Waals surface area contributed by atoms with Gasteiger partial charge in [-0.05, 0) is 30.5 Å². The van der Waals surface area contributed by atoms with Crippen molar-refractivity contribution in [1.29, 1.82) is 5.41 Å². The molecule has 0 atom stereocenters. The van der Waals surface area contributed by atoms with E-state index in [1.54, 1.807) is 17.0 Å². The minimum atomic E-state index is -0.697. The number of benzene rings is 1. The van der Waals surface area contributed by atoms with Crippen molar-refractivity contribution >= 4 is 29.1 Å². The maximum Gasteiger partial charge on any atom is 0.267 e. The van der Waals surface area contributed by atoms with Crippen LogP contribution in [0.4, 0.5) is 0 Å². The van der Waals surface area contributed by atoms with E-state index in [1.807, 2.05) is 12.1 Å². The molecule has 2 aliphatic rings. The van der Waals surface area contributed by atoms with Crippen LogP contribution in [0.2, 0.25) is 5.02 Å². The van der Waals surface area contributed by atoms with Gasteiger partial charge >= 0.3 is 0 Å². The summed E-state index contributed by atoms with van der Waals surface area (Å²) in [5.74, 6) is -0.581. The van der Waals surface area contributed by atoms with Gasteiger partial charge < -0.3 is 10.2 Å². The van der Waals surface area contributed by atoms with Crippen LogP contribution in [-0.4, -0.2) is 34.5 Å². The Morgan fingerprint density at radius 3 is 2.50 bits per heavy atom. The van der Waals surface area contributed by atoms with Crippen LogP contribution < -0.4 is 5.32 Å². The molecule has 1 heterocycles. The largest absolute Gasteiger partial charge is 0.342 e. The van der Waals surface area contributed by atoms with E-state index in [-0.39, 0.29) is 18.2 Å². The number of nitrogens with zero attached hydrogens (tertiary/aromatic N) is 1. The predicted molar refractivity (Wildman–Crippen MR) is 74.7 cm³/mol. The van der Waals surface area contributed by atoms with Crippen LogP contribution >= 0.6 is 11.6 Å². The standard InChI is InChI=1S/C14H14ClN3O2/c15-10-3-1-9(2-4-10)8-18-11(19)7-17-13(20)12(16)14(18)5-6-14/h1-4,16H,5-8H2,(H,17,20). The highest BCUT2D eigenvalue weighted by atomic mass is 35.5. The van der Waals surface area contributed by atoms with Crippen molar-refractivity contribution in [1.82, 2.24) is 10.2 Å². The van der Waals surface area contributed by atoms with Crippen molar-refractivity contribution in [3.8, 4) is 0 Å². The summed E-state index contributed by atoms with van der Waals surface area (Å²) in [5, 5.41) is 11.1. The molecular formula is C14H14ClN3O2. The lowest BCUT2D eigenvalue weighted by Crippen LogP contribution is -2.46. The van der Waals surface area contributed by atoms with Crippen molar-refractivity contribution in [2.24, 2.45) is 0 Å². The first-order valence-electron chi connectivity index (χ1n) is 6.45. The second-order valence-electron chi connectivity index (χ2n) is 5.20. The molecule has 20 heavy (non-hydrogen) atoms. The summed E-state index contributed by atoms with van der Waals surface area (Å²) in [6, 6.07) is 7.26. The lowest BCUT2D eigenvalue weighted by molar-refractivity contribution is -0.132. The summed E-state index contributed by atoms with van der Waals surface area (Å²) in [4.78, 5) is 25.6. The van der Waals surface area contributed by atoms with Gasteiger partial charge in [0, 0.05) is 11.6 Å². The molecule has 1 aromatic rings. The van der Waals surface area contributed by atoms with Gasteiger partial charge in [-0.15, -0.1) is 0 Å². The number of nitrogens with one attached hydrogen (secondary N) is 2. The fourth-order valence-corrected chi connectivity index (χ4v) is 2.70. The molecule has 1 saturated carbocycles. The molecule has 2 N–H and O–H groups in total. The van der Waals surface area contributed by atoms with Crippen molar-refractivity contribution in [2.75, 3.05) is 6.54 Å². The first kappa shape index (κ1) is 13.1. The summed E-state index contributed by atoms with van der Waals surface area (Å²) >= 11 is 5.85. The van der Waals surface area contributed by atoms with Gasteiger partial charge in [-0.2, -0.15) is 0 Å². The number of amides is 2. The Bertz CT molecular complexity index is 593. The van der Waals surface area contributed by atoms with Gasteiger partial charge in [0.05, 0.1) is 12.1 Å². The molecule has 1 aliphatic heterocycles. The number of rotatable bonds is 2. The fourth-order valence-electron chi connectivity index (χ4n) is 2.57. The molecule has 0 aromatic heterocycles. The zero-order chi connectivity index (χ0) is 14.3. The van der Waals surface area contributed by atoms with Crippen LogP contribution in [0.5, 0.6) is 0 Å². The fraction of sp³-hybridized carbons (Fsp3) is 0.357. The van der Waals surface area contributed by atoms with Gasteiger partial charge in [0.1, 0.15) is 5.71 Å². The monoisotopic (exact) mass is 291 g/mol. The van der Waals surface area contributed by atoms with E-state index in [0.717, 1.165) is 5.56 Å². The third-order valence-corrected chi connectivity index (χ3v) is 4.14. The van der Waals surface area contributed by atoms with E-state index < -0.39 is 11.4 Å². The summed E-state index contributed by atoms with van der Waals surface area (Å²) in [7, 11) is 0. The second kappa shape index (κ2) is 4.59. The highest BCUT2D eigenvalue weighted by Gasteiger charge is 2.56. The normalized spacial score (nSPS) is 20.9. The summed E-state index contributed by atoms with van der Waals surface area (Å²) < 4.78 is 0. The molecule has 104 valence electrons. The van der Waals surface area contributed by atoms with Crippen LogP contribution in [0.3, 0.4) is 0 Å². The minimum absolute atomic E-state index is 0.00249. The zero-order valence-corrected chi connectivity index (χ0v) is 11.5. The van der Waals surface area contributed by atoms with E-state index in [4.69, 9.17) is 17.0 Å². The van der Waals surface area contributed by atoms with E-state index in [1.165, 1.54) is 0 Å². The highest BCUT2D eigenvalue weighted by molar-refractivity contribution is 6.43. The Kier molecular flexibility index (Phi) is 3.01. The van der Waals surface area contributed by atoms with E-state index in [9.17, 15) is 9.59 Å². The Morgan fingerprint density at radius 1 is 1.25 bits per heavy atom. The Labute approximate surface area is 121 Å². The second-order valence-corrected chi connectivity index (χ2v) is 5.63. The van der Waals surface area contributed by atoms with Crippen LogP contribution in [0.1, 0.15) is 18.4 Å². The van der Waals surface area contributed by atoms with Gasteiger partial charge in [-0.3, -0.25) is 15.0 Å². The van der Waals surface area contributed by atoms with Crippen molar-refractivity contribution < 1.29 is 9.59 Å². The van der Waals surface area contributed by atoms with Crippen molar-refractivity contribution in [3.05, 3.63) is 34.9 Å². The van der Waals surface area contributed by atoms with Gasteiger partial charge in [0.2, 0.25) is 5.91 Å². The van der Waals surface area contributed by atoms with Crippen LogP contribution in [0.25, 0.3) is 0 Å². The Morgan fingerprint density at radius 2 is 1.90 bits per heavy atom. The molecule has 2 fully saturated rings.